The minimum Gasteiger partial charge on any atom is -0.383 e. The summed E-state index contributed by atoms with van der Waals surface area (Å²) < 4.78 is 1.80. The molecule has 0 atom stereocenters. The zero-order chi connectivity index (χ0) is 20.7. The summed E-state index contributed by atoms with van der Waals surface area (Å²) in [4.78, 5) is 11.9. The lowest BCUT2D eigenvalue weighted by atomic mass is 10.1. The van der Waals surface area contributed by atoms with Crippen molar-refractivity contribution >= 4 is 39.1 Å². The lowest BCUT2D eigenvalue weighted by molar-refractivity contribution is 0.713. The highest BCUT2D eigenvalue weighted by atomic mass is 32.2. The Kier molecular flexibility index (Phi) is 5.16. The summed E-state index contributed by atoms with van der Waals surface area (Å²) in [5.74, 6) is 2.68. The van der Waals surface area contributed by atoms with Gasteiger partial charge in [-0.1, -0.05) is 18.2 Å². The lowest BCUT2D eigenvalue weighted by Crippen LogP contribution is -2.03. The van der Waals surface area contributed by atoms with Crippen molar-refractivity contribution in [1.29, 1.82) is 0 Å². The Hall–Kier alpha value is -2.52. The average Bonchev–Trinajstić information content (AvgIpc) is 3.16. The van der Waals surface area contributed by atoms with Crippen LogP contribution in [-0.4, -0.2) is 29.9 Å². The lowest BCUT2D eigenvalue weighted by Gasteiger charge is -2.05. The van der Waals surface area contributed by atoms with Crippen LogP contribution in [0, 0.1) is 13.8 Å². The molecule has 0 aromatic carbocycles. The number of hydrogen-bond acceptors (Lipinski definition) is 8. The van der Waals surface area contributed by atoms with Gasteiger partial charge < -0.3 is 5.73 Å². The van der Waals surface area contributed by atoms with Crippen LogP contribution in [0.15, 0.2) is 23.2 Å². The topological polar surface area (TPSA) is 95.4 Å². The summed E-state index contributed by atoms with van der Waals surface area (Å²) >= 11 is 3.35. The summed E-state index contributed by atoms with van der Waals surface area (Å²) in [7, 11) is 0. The van der Waals surface area contributed by atoms with E-state index in [0.717, 1.165) is 45.3 Å². The Bertz CT molecular complexity index is 1210. The Balaban J connectivity index is 1.34. The zero-order valence-corrected chi connectivity index (χ0v) is 18.7. The molecule has 30 heavy (non-hydrogen) atoms. The van der Waals surface area contributed by atoms with Gasteiger partial charge in [0.2, 0.25) is 0 Å². The van der Waals surface area contributed by atoms with E-state index in [-0.39, 0.29) is 0 Å². The maximum atomic E-state index is 6.35. The van der Waals surface area contributed by atoms with Crippen molar-refractivity contribution in [1.82, 2.24) is 29.9 Å². The van der Waals surface area contributed by atoms with Crippen molar-refractivity contribution in [2.75, 3.05) is 5.73 Å². The van der Waals surface area contributed by atoms with E-state index in [9.17, 15) is 0 Å². The molecule has 0 aliphatic heterocycles. The summed E-state index contributed by atoms with van der Waals surface area (Å²) in [5.41, 5.74) is 9.74. The molecule has 0 saturated carbocycles. The molecule has 0 saturated heterocycles. The van der Waals surface area contributed by atoms with Gasteiger partial charge in [0.1, 0.15) is 21.5 Å². The number of nitrogen functional groups attached to an aromatic ring is 1. The van der Waals surface area contributed by atoms with E-state index < -0.39 is 0 Å². The summed E-state index contributed by atoms with van der Waals surface area (Å²) in [6.07, 6.45) is 5.99. The minimum absolute atomic E-state index is 0.608. The predicted molar refractivity (Wildman–Crippen MR) is 121 cm³/mol. The van der Waals surface area contributed by atoms with Gasteiger partial charge in [-0.05, 0) is 63.3 Å². The largest absolute Gasteiger partial charge is 0.383 e. The quantitative estimate of drug-likeness (QED) is 0.373. The summed E-state index contributed by atoms with van der Waals surface area (Å²) in [5, 5.41) is 15.0. The molecule has 4 heterocycles. The van der Waals surface area contributed by atoms with Crippen LogP contribution >= 0.6 is 23.1 Å². The molecule has 0 fully saturated rings. The van der Waals surface area contributed by atoms with E-state index in [2.05, 4.69) is 20.3 Å². The van der Waals surface area contributed by atoms with E-state index in [1.807, 2.05) is 32.0 Å². The molecule has 0 spiro atoms. The number of hydrogen-bond donors (Lipinski definition) is 1. The molecule has 0 unspecified atom stereocenters. The second kappa shape index (κ2) is 7.96. The maximum absolute atomic E-state index is 6.35. The first-order valence-electron chi connectivity index (χ1n) is 10.2. The summed E-state index contributed by atoms with van der Waals surface area (Å²) in [6, 6.07) is 5.91. The third-order valence-corrected chi connectivity index (χ3v) is 7.44. The fourth-order valence-electron chi connectivity index (χ4n) is 3.98. The van der Waals surface area contributed by atoms with Gasteiger partial charge in [-0.3, -0.25) is 0 Å². The van der Waals surface area contributed by atoms with Crippen LogP contribution in [0.2, 0.25) is 0 Å². The van der Waals surface area contributed by atoms with Gasteiger partial charge in [-0.25, -0.2) is 14.6 Å². The number of anilines is 1. The Morgan fingerprint density at radius 1 is 1.10 bits per heavy atom. The van der Waals surface area contributed by atoms with Crippen molar-refractivity contribution < 1.29 is 0 Å². The normalized spacial score (nSPS) is 14.1. The number of aryl methyl sites for hydroxylation is 4. The Morgan fingerprint density at radius 3 is 2.73 bits per heavy atom. The molecule has 1 aliphatic carbocycles. The highest BCUT2D eigenvalue weighted by Gasteiger charge is 2.19. The number of fused-ring (bicyclic) bond motifs is 3. The molecule has 2 N–H and O–H groups in total. The molecule has 154 valence electrons. The first kappa shape index (κ1) is 19.4. The van der Waals surface area contributed by atoms with Gasteiger partial charge in [0.25, 0.3) is 0 Å². The number of thiophene rings is 1. The second-order valence-corrected chi connectivity index (χ2v) is 9.71. The van der Waals surface area contributed by atoms with Gasteiger partial charge in [0.15, 0.2) is 5.82 Å². The fraction of sp³-hybridized carbons (Fsp3) is 0.381. The van der Waals surface area contributed by atoms with Crippen molar-refractivity contribution in [2.45, 2.75) is 56.7 Å². The van der Waals surface area contributed by atoms with Gasteiger partial charge in [0.05, 0.1) is 16.8 Å². The molecule has 9 heteroatoms. The first-order chi connectivity index (χ1) is 14.6. The number of nitrogens with two attached hydrogens (primary N) is 1. The van der Waals surface area contributed by atoms with Crippen LogP contribution < -0.4 is 5.73 Å². The molecule has 4 aromatic rings. The molecule has 0 radical (unpaired) electrons. The highest BCUT2D eigenvalue weighted by Crippen LogP contribution is 2.37. The molecule has 0 bridgehead atoms. The van der Waals surface area contributed by atoms with Crippen molar-refractivity contribution in [3.05, 3.63) is 45.9 Å². The average molecular weight is 438 g/mol. The zero-order valence-electron chi connectivity index (χ0n) is 17.1. The van der Waals surface area contributed by atoms with E-state index in [4.69, 9.17) is 10.7 Å². The molecule has 0 amide bonds. The standard InChI is InChI=1S/C21H23N7S2/c1-12-10-13(2)28(27-12)17-8-9-18(26-25-17)29-11-16-23-20(22)19-14-6-4-3-5-7-15(14)30-21(19)24-16/h8-10H,3-7,11H2,1-2H3,(H2,22,23,24). The molecule has 7 nitrogen and oxygen atoms in total. The monoisotopic (exact) mass is 437 g/mol. The van der Waals surface area contributed by atoms with E-state index in [1.54, 1.807) is 27.8 Å². The van der Waals surface area contributed by atoms with Crippen LogP contribution in [0.25, 0.3) is 16.0 Å². The Morgan fingerprint density at radius 2 is 1.97 bits per heavy atom. The third-order valence-electron chi connectivity index (χ3n) is 5.34. The van der Waals surface area contributed by atoms with E-state index >= 15 is 0 Å². The van der Waals surface area contributed by atoms with Crippen LogP contribution in [0.1, 0.15) is 46.9 Å². The van der Waals surface area contributed by atoms with Gasteiger partial charge in [-0.15, -0.1) is 21.5 Å². The summed E-state index contributed by atoms with van der Waals surface area (Å²) in [6.45, 7) is 3.97. The van der Waals surface area contributed by atoms with Crippen LogP contribution in [0.4, 0.5) is 5.82 Å². The van der Waals surface area contributed by atoms with Crippen molar-refractivity contribution in [2.24, 2.45) is 0 Å². The highest BCUT2D eigenvalue weighted by molar-refractivity contribution is 7.98. The van der Waals surface area contributed by atoms with E-state index in [0.29, 0.717) is 17.4 Å². The maximum Gasteiger partial charge on any atom is 0.175 e. The van der Waals surface area contributed by atoms with Crippen LogP contribution in [0.5, 0.6) is 0 Å². The van der Waals surface area contributed by atoms with Gasteiger partial charge in [-0.2, -0.15) is 5.10 Å². The van der Waals surface area contributed by atoms with Crippen LogP contribution in [-0.2, 0) is 18.6 Å². The number of aromatic nitrogens is 6. The third kappa shape index (κ3) is 3.67. The first-order valence-corrected chi connectivity index (χ1v) is 12.0. The molecule has 1 aliphatic rings. The Labute approximate surface area is 183 Å². The smallest absolute Gasteiger partial charge is 0.175 e. The van der Waals surface area contributed by atoms with Gasteiger partial charge in [0, 0.05) is 10.6 Å². The molecule has 5 rings (SSSR count). The number of rotatable bonds is 4. The predicted octanol–water partition coefficient (Wildman–Crippen LogP) is 4.43. The SMILES string of the molecule is Cc1cc(C)n(-c2ccc(SCc3nc(N)c4c5c(sc4n3)CCCCC5)nn2)n1. The van der Waals surface area contributed by atoms with E-state index in [1.165, 1.54) is 29.7 Å². The van der Waals surface area contributed by atoms with Crippen molar-refractivity contribution in [3.8, 4) is 5.82 Å². The molecule has 4 aromatic heterocycles. The molecular formula is C21H23N7S2. The number of thioether (sulfide) groups is 1. The fourth-order valence-corrected chi connectivity index (χ4v) is 5.93. The minimum atomic E-state index is 0.608. The van der Waals surface area contributed by atoms with Crippen molar-refractivity contribution in [3.63, 3.8) is 0 Å². The van der Waals surface area contributed by atoms with Gasteiger partial charge >= 0.3 is 0 Å². The van der Waals surface area contributed by atoms with Crippen LogP contribution in [0.3, 0.4) is 0 Å². The molecular weight excluding hydrogens is 414 g/mol. The second-order valence-electron chi connectivity index (χ2n) is 7.63. The number of nitrogens with zero attached hydrogens (tertiary/aromatic N) is 6.